The van der Waals surface area contributed by atoms with E-state index in [0.29, 0.717) is 0 Å². The minimum absolute atomic E-state index is 0.0465. The molecule has 0 unspecified atom stereocenters. The molecule has 1 aromatic rings. The summed E-state index contributed by atoms with van der Waals surface area (Å²) in [5, 5.41) is 2.65. The van der Waals surface area contributed by atoms with Gasteiger partial charge in [0.2, 0.25) is 5.91 Å². The molecular formula is C14H20F2N2O. The van der Waals surface area contributed by atoms with Crippen molar-refractivity contribution in [3.8, 4) is 0 Å². The molecule has 1 rings (SSSR count). The number of amides is 1. The lowest BCUT2D eigenvalue weighted by molar-refractivity contribution is -0.124. The van der Waals surface area contributed by atoms with Crippen LogP contribution in [0.2, 0.25) is 0 Å². The van der Waals surface area contributed by atoms with Gasteiger partial charge in [-0.25, -0.2) is 8.78 Å². The number of carbonyl (C=O) groups excluding carboxylic acids is 1. The molecule has 0 fully saturated rings. The first-order valence-corrected chi connectivity index (χ1v) is 6.37. The Morgan fingerprint density at radius 3 is 2.53 bits per heavy atom. The normalized spacial score (nSPS) is 15.7. The van der Waals surface area contributed by atoms with E-state index in [-0.39, 0.29) is 17.4 Å². The highest BCUT2D eigenvalue weighted by atomic mass is 19.1. The zero-order valence-corrected chi connectivity index (χ0v) is 11.4. The van der Waals surface area contributed by atoms with Gasteiger partial charge in [0.1, 0.15) is 11.6 Å². The van der Waals surface area contributed by atoms with E-state index in [4.69, 9.17) is 5.73 Å². The molecule has 3 N–H and O–H groups in total. The smallest absolute Gasteiger partial charge is 0.237 e. The van der Waals surface area contributed by atoms with Gasteiger partial charge < -0.3 is 11.1 Å². The summed E-state index contributed by atoms with van der Waals surface area (Å²) in [5.74, 6) is -1.60. The minimum atomic E-state index is -0.676. The molecule has 0 saturated carbocycles. The van der Waals surface area contributed by atoms with E-state index in [2.05, 4.69) is 5.32 Å². The van der Waals surface area contributed by atoms with E-state index in [1.54, 1.807) is 6.92 Å². The molecule has 1 aromatic carbocycles. The van der Waals surface area contributed by atoms with Crippen molar-refractivity contribution in [1.29, 1.82) is 0 Å². The quantitative estimate of drug-likeness (QED) is 0.863. The third-order valence-corrected chi connectivity index (χ3v) is 3.35. The van der Waals surface area contributed by atoms with Crippen LogP contribution in [0, 0.1) is 17.6 Å². The molecule has 19 heavy (non-hydrogen) atoms. The Morgan fingerprint density at radius 2 is 2.00 bits per heavy atom. The molecular weight excluding hydrogens is 250 g/mol. The maximum Gasteiger partial charge on any atom is 0.237 e. The van der Waals surface area contributed by atoms with Crippen molar-refractivity contribution in [1.82, 2.24) is 5.32 Å². The summed E-state index contributed by atoms with van der Waals surface area (Å²) in [6.07, 6.45) is 0.786. The van der Waals surface area contributed by atoms with Gasteiger partial charge in [0.25, 0.3) is 0 Å². The Balaban J connectivity index is 2.74. The Kier molecular flexibility index (Phi) is 5.42. The number of nitrogens with one attached hydrogen (secondary N) is 1. The third kappa shape index (κ3) is 3.99. The summed E-state index contributed by atoms with van der Waals surface area (Å²) in [7, 11) is 0. The largest absolute Gasteiger partial charge is 0.348 e. The number of rotatable bonds is 5. The maximum atomic E-state index is 13.6. The first kappa shape index (κ1) is 15.6. The van der Waals surface area contributed by atoms with E-state index in [1.807, 2.05) is 13.8 Å². The van der Waals surface area contributed by atoms with Crippen LogP contribution in [0.4, 0.5) is 8.78 Å². The van der Waals surface area contributed by atoms with Gasteiger partial charge in [0.15, 0.2) is 0 Å². The van der Waals surface area contributed by atoms with Gasteiger partial charge in [-0.3, -0.25) is 4.79 Å². The van der Waals surface area contributed by atoms with Crippen LogP contribution >= 0.6 is 0 Å². The van der Waals surface area contributed by atoms with E-state index >= 15 is 0 Å². The lowest BCUT2D eigenvalue weighted by Gasteiger charge is -2.21. The number of nitrogens with two attached hydrogens (primary N) is 1. The van der Waals surface area contributed by atoms with Crippen LogP contribution in [0.25, 0.3) is 0 Å². The molecule has 0 aliphatic heterocycles. The van der Waals surface area contributed by atoms with Crippen LogP contribution in [-0.4, -0.2) is 11.9 Å². The summed E-state index contributed by atoms with van der Waals surface area (Å²) < 4.78 is 26.4. The van der Waals surface area contributed by atoms with Crippen LogP contribution in [0.3, 0.4) is 0 Å². The summed E-state index contributed by atoms with van der Waals surface area (Å²) in [6, 6.07) is 2.10. The molecule has 0 aliphatic carbocycles. The Bertz CT molecular complexity index is 451. The molecule has 0 heterocycles. The van der Waals surface area contributed by atoms with Crippen molar-refractivity contribution in [2.45, 2.75) is 39.3 Å². The van der Waals surface area contributed by atoms with Gasteiger partial charge in [-0.05, 0) is 18.9 Å². The molecule has 0 aliphatic rings. The third-order valence-electron chi connectivity index (χ3n) is 3.35. The second-order valence-corrected chi connectivity index (χ2v) is 4.81. The average Bonchev–Trinajstić information content (AvgIpc) is 2.36. The average molecular weight is 270 g/mol. The lowest BCUT2D eigenvalue weighted by atomic mass is 9.98. The van der Waals surface area contributed by atoms with Crippen molar-refractivity contribution >= 4 is 5.91 Å². The fraction of sp³-hybridized carbons (Fsp3) is 0.500. The zero-order chi connectivity index (χ0) is 14.6. The standard InChI is InChI=1S/C14H20F2N2O/c1-4-8(2)13(17)14(19)18-9(3)11-6-5-10(15)7-12(11)16/h5-9,13H,4,17H2,1-3H3,(H,18,19)/t8-,9-,13+/m0/s1. The Labute approximate surface area is 112 Å². The number of hydrogen-bond acceptors (Lipinski definition) is 2. The van der Waals surface area contributed by atoms with Crippen molar-refractivity contribution in [2.24, 2.45) is 11.7 Å². The van der Waals surface area contributed by atoms with Gasteiger partial charge in [-0.15, -0.1) is 0 Å². The Morgan fingerprint density at radius 1 is 1.37 bits per heavy atom. The van der Waals surface area contributed by atoms with Crippen molar-refractivity contribution in [3.63, 3.8) is 0 Å². The summed E-state index contributed by atoms with van der Waals surface area (Å²) in [4.78, 5) is 11.9. The Hall–Kier alpha value is -1.49. The van der Waals surface area contributed by atoms with Gasteiger partial charge >= 0.3 is 0 Å². The number of halogens is 2. The van der Waals surface area contributed by atoms with Crippen LogP contribution in [-0.2, 0) is 4.79 Å². The van der Waals surface area contributed by atoms with Crippen molar-refractivity contribution in [3.05, 3.63) is 35.4 Å². The number of hydrogen-bond donors (Lipinski definition) is 2. The topological polar surface area (TPSA) is 55.1 Å². The summed E-state index contributed by atoms with van der Waals surface area (Å²) in [5.41, 5.74) is 6.04. The molecule has 5 heteroatoms. The summed E-state index contributed by atoms with van der Waals surface area (Å²) >= 11 is 0. The van der Waals surface area contributed by atoms with Crippen LogP contribution in [0.15, 0.2) is 18.2 Å². The van der Waals surface area contributed by atoms with Crippen LogP contribution in [0.1, 0.15) is 38.8 Å². The van der Waals surface area contributed by atoms with Crippen molar-refractivity contribution < 1.29 is 13.6 Å². The highest BCUT2D eigenvalue weighted by Gasteiger charge is 2.22. The molecule has 106 valence electrons. The first-order chi connectivity index (χ1) is 8.86. The number of carbonyl (C=O) groups is 1. The molecule has 1 amide bonds. The van der Waals surface area contributed by atoms with E-state index in [1.165, 1.54) is 6.07 Å². The summed E-state index contributed by atoms with van der Waals surface area (Å²) in [6.45, 7) is 5.46. The predicted octanol–water partition coefficient (Wildman–Crippen LogP) is 2.52. The molecule has 3 nitrogen and oxygen atoms in total. The van der Waals surface area contributed by atoms with Gasteiger partial charge in [0, 0.05) is 11.6 Å². The molecule has 0 radical (unpaired) electrons. The fourth-order valence-electron chi connectivity index (χ4n) is 1.75. The van der Waals surface area contributed by atoms with Crippen molar-refractivity contribution in [2.75, 3.05) is 0 Å². The molecule has 0 saturated heterocycles. The van der Waals surface area contributed by atoms with Gasteiger partial charge in [-0.1, -0.05) is 26.3 Å². The van der Waals surface area contributed by atoms with Gasteiger partial charge in [0.05, 0.1) is 12.1 Å². The van der Waals surface area contributed by atoms with Crippen LogP contribution in [0.5, 0.6) is 0 Å². The monoisotopic (exact) mass is 270 g/mol. The van der Waals surface area contributed by atoms with Crippen LogP contribution < -0.4 is 11.1 Å². The maximum absolute atomic E-state index is 13.6. The highest BCUT2D eigenvalue weighted by molar-refractivity contribution is 5.82. The molecule has 0 bridgehead atoms. The number of benzene rings is 1. The molecule has 0 spiro atoms. The van der Waals surface area contributed by atoms with Gasteiger partial charge in [-0.2, -0.15) is 0 Å². The zero-order valence-electron chi connectivity index (χ0n) is 11.4. The minimum Gasteiger partial charge on any atom is -0.348 e. The SMILES string of the molecule is CC[C@H](C)[C@@H](N)C(=O)N[C@@H](C)c1ccc(F)cc1F. The lowest BCUT2D eigenvalue weighted by Crippen LogP contribution is -2.45. The molecule has 3 atom stereocenters. The fourth-order valence-corrected chi connectivity index (χ4v) is 1.75. The van der Waals surface area contributed by atoms with E-state index in [9.17, 15) is 13.6 Å². The molecule has 0 aromatic heterocycles. The first-order valence-electron chi connectivity index (χ1n) is 6.37. The predicted molar refractivity (Wildman–Crippen MR) is 70.3 cm³/mol. The van der Waals surface area contributed by atoms with E-state index in [0.717, 1.165) is 18.6 Å². The second-order valence-electron chi connectivity index (χ2n) is 4.81. The second kappa shape index (κ2) is 6.61. The van der Waals surface area contributed by atoms with E-state index < -0.39 is 23.7 Å². The highest BCUT2D eigenvalue weighted by Crippen LogP contribution is 2.18.